The van der Waals surface area contributed by atoms with Gasteiger partial charge in [0.05, 0.1) is 16.5 Å². The maximum atomic E-state index is 13.7. The van der Waals surface area contributed by atoms with Crippen LogP contribution in [0.5, 0.6) is 0 Å². The molecule has 0 aliphatic heterocycles. The third-order valence-electron chi connectivity index (χ3n) is 6.46. The average Bonchev–Trinajstić information content (AvgIpc) is 3.34. The fourth-order valence-electron chi connectivity index (χ4n) is 4.65. The number of ether oxygens (including phenoxy) is 1. The third kappa shape index (κ3) is 4.96. The molecule has 4 rings (SSSR count). The maximum absolute atomic E-state index is 13.7. The summed E-state index contributed by atoms with van der Waals surface area (Å²) in [6, 6.07) is 24.9. The Labute approximate surface area is 212 Å². The number of halogens is 6. The molecule has 0 bridgehead atoms. The number of rotatable bonds is 6. The quantitative estimate of drug-likeness (QED) is 0.206. The average molecular weight is 542 g/mol. The highest BCUT2D eigenvalue weighted by molar-refractivity contribution is 7.97. The van der Waals surface area contributed by atoms with Crippen LogP contribution in [0, 0.1) is 0 Å². The first-order valence-electron chi connectivity index (χ1n) is 11.4. The molecule has 10 heteroatoms. The lowest BCUT2D eigenvalue weighted by Crippen LogP contribution is -2.71. The molecule has 0 amide bonds. The van der Waals surface area contributed by atoms with Crippen LogP contribution < -0.4 is 0 Å². The minimum atomic E-state index is -6.10. The van der Waals surface area contributed by atoms with E-state index in [1.54, 1.807) is 12.1 Å². The summed E-state index contributed by atoms with van der Waals surface area (Å²) < 4.78 is 86.9. The normalized spacial score (nSPS) is 16.1. The van der Waals surface area contributed by atoms with Crippen LogP contribution in [0.3, 0.4) is 0 Å². The Hall–Kier alpha value is -2.98. The number of carbonyl (C=O) groups is 1. The number of hydrogen-bond donors (Lipinski definition) is 1. The molecule has 3 aromatic carbocycles. The fraction of sp³-hybridized carbons (Fsp3) is 0.296. The van der Waals surface area contributed by atoms with E-state index in [-0.39, 0.29) is 18.4 Å². The zero-order valence-corrected chi connectivity index (χ0v) is 20.2. The summed E-state index contributed by atoms with van der Waals surface area (Å²) in [5.41, 5.74) is -8.57. The first-order valence-corrected chi connectivity index (χ1v) is 12.7. The van der Waals surface area contributed by atoms with Gasteiger partial charge in [-0.3, -0.25) is 0 Å². The van der Waals surface area contributed by atoms with Crippen molar-refractivity contribution in [3.8, 4) is 0 Å². The molecule has 0 spiro atoms. The molecular formula is C27H23F6O3S+. The summed E-state index contributed by atoms with van der Waals surface area (Å²) in [4.78, 5) is 15.6. The molecule has 1 saturated carbocycles. The number of hydrogen-bond acceptors (Lipinski definition) is 3. The van der Waals surface area contributed by atoms with Crippen molar-refractivity contribution < 1.29 is 41.0 Å². The molecule has 3 nitrogen and oxygen atoms in total. The Morgan fingerprint density at radius 1 is 0.703 bits per heavy atom. The Morgan fingerprint density at radius 3 is 1.51 bits per heavy atom. The van der Waals surface area contributed by atoms with Gasteiger partial charge in [-0.05, 0) is 74.2 Å². The van der Waals surface area contributed by atoms with Gasteiger partial charge in [0.1, 0.15) is 0 Å². The molecule has 37 heavy (non-hydrogen) atoms. The highest BCUT2D eigenvalue weighted by Gasteiger charge is 2.81. The van der Waals surface area contributed by atoms with E-state index in [9.17, 15) is 36.2 Å². The van der Waals surface area contributed by atoms with Crippen LogP contribution in [0.25, 0.3) is 0 Å². The molecule has 1 aliphatic rings. The predicted octanol–water partition coefficient (Wildman–Crippen LogP) is 7.11. The van der Waals surface area contributed by atoms with Gasteiger partial charge in [-0.15, -0.1) is 0 Å². The van der Waals surface area contributed by atoms with Gasteiger partial charge in [0.2, 0.25) is 0 Å². The van der Waals surface area contributed by atoms with Crippen molar-refractivity contribution in [3.05, 3.63) is 90.5 Å². The number of benzene rings is 3. The SMILES string of the molecule is O=C(OC1(C(O)(C(F)(F)F)C(F)(F)F)CCCC1)c1ccc([S+](c2ccccc2)c2ccccc2)cc1. The van der Waals surface area contributed by atoms with Gasteiger partial charge >= 0.3 is 18.3 Å². The molecular weight excluding hydrogens is 518 g/mol. The van der Waals surface area contributed by atoms with Gasteiger partial charge in [0, 0.05) is 0 Å². The standard InChI is InChI=1S/C27H23F6O3S/c28-26(29,30)25(35,27(31,32)33)24(17-7-8-18-24)36-23(34)19-13-15-22(16-14-19)37(20-9-3-1-4-10-20)21-11-5-2-6-12-21/h1-6,9-16,35H,7-8,17-18H2/q+1. The van der Waals surface area contributed by atoms with Crippen LogP contribution in [-0.2, 0) is 15.6 Å². The van der Waals surface area contributed by atoms with Crippen molar-refractivity contribution in [1.29, 1.82) is 0 Å². The van der Waals surface area contributed by atoms with Crippen LogP contribution in [0.2, 0.25) is 0 Å². The second-order valence-corrected chi connectivity index (χ2v) is 10.8. The molecule has 0 radical (unpaired) electrons. The van der Waals surface area contributed by atoms with E-state index in [4.69, 9.17) is 4.74 Å². The number of carbonyl (C=O) groups excluding carboxylic acids is 1. The Bertz CT molecular complexity index is 1150. The van der Waals surface area contributed by atoms with E-state index in [0.717, 1.165) is 14.7 Å². The van der Waals surface area contributed by atoms with Crippen LogP contribution in [0.4, 0.5) is 26.3 Å². The Balaban J connectivity index is 1.66. The fourth-order valence-corrected chi connectivity index (χ4v) is 6.73. The molecule has 1 N–H and O–H groups in total. The van der Waals surface area contributed by atoms with Gasteiger partial charge in [-0.2, -0.15) is 26.3 Å². The number of esters is 1. The summed E-state index contributed by atoms with van der Waals surface area (Å²) in [6.07, 6.45) is -13.8. The predicted molar refractivity (Wildman–Crippen MR) is 125 cm³/mol. The van der Waals surface area contributed by atoms with Gasteiger partial charge in [-0.1, -0.05) is 36.4 Å². The monoisotopic (exact) mass is 541 g/mol. The van der Waals surface area contributed by atoms with E-state index in [0.29, 0.717) is 0 Å². The van der Waals surface area contributed by atoms with E-state index in [2.05, 4.69) is 0 Å². The highest BCUT2D eigenvalue weighted by Crippen LogP contribution is 2.56. The topological polar surface area (TPSA) is 46.5 Å². The number of alkyl halides is 6. The van der Waals surface area contributed by atoms with Crippen LogP contribution in [0.15, 0.2) is 99.6 Å². The van der Waals surface area contributed by atoms with Crippen molar-refractivity contribution in [1.82, 2.24) is 0 Å². The Morgan fingerprint density at radius 2 is 1.11 bits per heavy atom. The summed E-state index contributed by atoms with van der Waals surface area (Å²) in [7, 11) is -0.576. The van der Waals surface area contributed by atoms with Crippen molar-refractivity contribution >= 4 is 16.9 Å². The van der Waals surface area contributed by atoms with Crippen molar-refractivity contribution in [3.63, 3.8) is 0 Å². The lowest BCUT2D eigenvalue weighted by Gasteiger charge is -2.45. The lowest BCUT2D eigenvalue weighted by molar-refractivity contribution is -0.410. The first-order chi connectivity index (χ1) is 17.4. The van der Waals surface area contributed by atoms with Crippen LogP contribution in [-0.4, -0.2) is 34.6 Å². The second kappa shape index (κ2) is 10.1. The lowest BCUT2D eigenvalue weighted by atomic mass is 9.79. The second-order valence-electron chi connectivity index (χ2n) is 8.75. The zero-order valence-electron chi connectivity index (χ0n) is 19.4. The maximum Gasteiger partial charge on any atom is 0.430 e. The molecule has 3 aromatic rings. The van der Waals surface area contributed by atoms with Crippen LogP contribution >= 0.6 is 0 Å². The van der Waals surface area contributed by atoms with Crippen LogP contribution in [0.1, 0.15) is 36.0 Å². The zero-order chi connectivity index (χ0) is 26.9. The molecule has 0 atom stereocenters. The highest BCUT2D eigenvalue weighted by atomic mass is 32.2. The van der Waals surface area contributed by atoms with E-state index >= 15 is 0 Å². The van der Waals surface area contributed by atoms with Gasteiger partial charge in [0.25, 0.3) is 5.60 Å². The molecule has 0 unspecified atom stereocenters. The molecule has 0 heterocycles. The minimum absolute atomic E-state index is 0.0579. The van der Waals surface area contributed by atoms with E-state index in [1.807, 2.05) is 60.7 Å². The molecule has 1 fully saturated rings. The van der Waals surface area contributed by atoms with Crippen molar-refractivity contribution in [2.24, 2.45) is 0 Å². The van der Waals surface area contributed by atoms with E-state index in [1.165, 1.54) is 12.1 Å². The summed E-state index contributed by atoms with van der Waals surface area (Å²) in [5, 5.41) is 10.1. The van der Waals surface area contributed by atoms with Crippen molar-refractivity contribution in [2.45, 2.75) is 63.9 Å². The van der Waals surface area contributed by atoms with Gasteiger partial charge in [-0.25, -0.2) is 4.79 Å². The minimum Gasteiger partial charge on any atom is -0.452 e. The summed E-state index contributed by atoms with van der Waals surface area (Å²) in [5.74, 6) is -1.36. The molecule has 1 aliphatic carbocycles. The smallest absolute Gasteiger partial charge is 0.430 e. The molecule has 0 aromatic heterocycles. The Kier molecular flexibility index (Phi) is 7.36. The largest absolute Gasteiger partial charge is 0.452 e. The van der Waals surface area contributed by atoms with Gasteiger partial charge in [0.15, 0.2) is 20.3 Å². The number of aliphatic hydroxyl groups is 1. The molecule has 0 saturated heterocycles. The summed E-state index contributed by atoms with van der Waals surface area (Å²) in [6.45, 7) is 0. The van der Waals surface area contributed by atoms with E-state index < -0.39 is 53.3 Å². The molecule has 196 valence electrons. The summed E-state index contributed by atoms with van der Waals surface area (Å²) >= 11 is 0. The first kappa shape index (κ1) is 27.1. The van der Waals surface area contributed by atoms with Gasteiger partial charge < -0.3 is 9.84 Å². The third-order valence-corrected chi connectivity index (χ3v) is 8.69. The van der Waals surface area contributed by atoms with Crippen molar-refractivity contribution in [2.75, 3.05) is 0 Å².